The van der Waals surface area contributed by atoms with Gasteiger partial charge in [0.25, 0.3) is 0 Å². The van der Waals surface area contributed by atoms with Crippen molar-refractivity contribution in [3.8, 4) is 0 Å². The molecule has 174 valence electrons. The van der Waals surface area contributed by atoms with Crippen molar-refractivity contribution in [2.75, 3.05) is 5.32 Å². The molecule has 0 bridgehead atoms. The van der Waals surface area contributed by atoms with Crippen molar-refractivity contribution in [3.63, 3.8) is 0 Å². The van der Waals surface area contributed by atoms with Crippen LogP contribution in [-0.2, 0) is 24.2 Å². The second-order valence-corrected chi connectivity index (χ2v) is 8.27. The number of benzene rings is 1. The van der Waals surface area contributed by atoms with Crippen LogP contribution in [0.15, 0.2) is 48.7 Å². The molecule has 9 heteroatoms. The van der Waals surface area contributed by atoms with Gasteiger partial charge in [-0.3, -0.25) is 9.78 Å². The van der Waals surface area contributed by atoms with E-state index in [4.69, 9.17) is 0 Å². The Morgan fingerprint density at radius 3 is 2.64 bits per heavy atom. The summed E-state index contributed by atoms with van der Waals surface area (Å²) < 4.78 is 42.6. The average Bonchev–Trinajstić information content (AvgIpc) is 3.19. The number of rotatable bonds is 6. The number of nitrogens with zero attached hydrogens (tertiary/aromatic N) is 3. The summed E-state index contributed by atoms with van der Waals surface area (Å²) in [5, 5.41) is 9.96. The summed E-state index contributed by atoms with van der Waals surface area (Å²) >= 11 is 0. The molecule has 3 heterocycles. The third-order valence-electron chi connectivity index (χ3n) is 5.87. The molecular weight excluding hydrogens is 431 g/mol. The van der Waals surface area contributed by atoms with E-state index in [0.717, 1.165) is 27.9 Å². The van der Waals surface area contributed by atoms with Gasteiger partial charge in [0, 0.05) is 17.7 Å². The van der Waals surface area contributed by atoms with Crippen LogP contribution in [0.5, 0.6) is 0 Å². The Labute approximate surface area is 190 Å². The Morgan fingerprint density at radius 2 is 1.97 bits per heavy atom. The number of pyridine rings is 1. The van der Waals surface area contributed by atoms with Gasteiger partial charge in [0.1, 0.15) is 5.82 Å². The van der Waals surface area contributed by atoms with E-state index in [9.17, 15) is 18.0 Å². The zero-order valence-electron chi connectivity index (χ0n) is 18.5. The van der Waals surface area contributed by atoms with E-state index >= 15 is 0 Å². The standard InChI is InChI=1S/C24H26F3N5O/c1-3-16-7-9-17(10-8-16)20-12-21(24(25,26)27)32-23(31-20)18(13-29-32)11-22(33)28-14-19-6-4-5-15(2)30-19/h4-10,13,20-21,31H,3,11-12,14H2,1-2H3,(H,28,33)/t20-,21+/m1/s1. The molecule has 3 aromatic rings. The van der Waals surface area contributed by atoms with E-state index in [0.29, 0.717) is 11.3 Å². The smallest absolute Gasteiger partial charge is 0.363 e. The minimum Gasteiger partial charge on any atom is -0.363 e. The Kier molecular flexibility index (Phi) is 6.40. The van der Waals surface area contributed by atoms with E-state index in [2.05, 4.69) is 20.7 Å². The van der Waals surface area contributed by atoms with Gasteiger partial charge in [-0.1, -0.05) is 37.3 Å². The number of fused-ring (bicyclic) bond motifs is 1. The Bertz CT molecular complexity index is 1120. The molecule has 1 aromatic carbocycles. The van der Waals surface area contributed by atoms with Gasteiger partial charge in [0.2, 0.25) is 5.91 Å². The number of amides is 1. The SMILES string of the molecule is CCc1ccc([C@H]2C[C@@H](C(F)(F)F)n3ncc(CC(=O)NCc4cccc(C)n4)c3N2)cc1. The lowest BCUT2D eigenvalue weighted by atomic mass is 9.95. The molecule has 0 aliphatic carbocycles. The van der Waals surface area contributed by atoms with Crippen LogP contribution < -0.4 is 10.6 Å². The number of nitrogens with one attached hydrogen (secondary N) is 2. The highest BCUT2D eigenvalue weighted by molar-refractivity contribution is 5.80. The first kappa shape index (κ1) is 22.8. The van der Waals surface area contributed by atoms with Crippen LogP contribution in [0.3, 0.4) is 0 Å². The topological polar surface area (TPSA) is 71.8 Å². The number of alkyl halides is 3. The largest absolute Gasteiger partial charge is 0.410 e. The molecule has 0 spiro atoms. The average molecular weight is 458 g/mol. The van der Waals surface area contributed by atoms with Gasteiger partial charge >= 0.3 is 6.18 Å². The molecule has 6 nitrogen and oxygen atoms in total. The normalized spacial score (nSPS) is 17.8. The monoisotopic (exact) mass is 457 g/mol. The molecule has 4 rings (SSSR count). The maximum atomic E-state index is 13.9. The van der Waals surface area contributed by atoms with E-state index in [1.165, 1.54) is 6.20 Å². The van der Waals surface area contributed by atoms with Gasteiger partial charge < -0.3 is 10.6 Å². The lowest BCUT2D eigenvalue weighted by Gasteiger charge is -2.34. The number of aryl methyl sites for hydroxylation is 2. The number of carbonyl (C=O) groups is 1. The summed E-state index contributed by atoms with van der Waals surface area (Å²) in [5.74, 6) is -0.0779. The van der Waals surface area contributed by atoms with Crippen molar-refractivity contribution in [1.29, 1.82) is 0 Å². The Balaban J connectivity index is 1.53. The van der Waals surface area contributed by atoms with Crippen molar-refractivity contribution in [2.24, 2.45) is 0 Å². The maximum Gasteiger partial charge on any atom is 0.410 e. The highest BCUT2D eigenvalue weighted by atomic mass is 19.4. The van der Waals surface area contributed by atoms with E-state index in [1.807, 2.05) is 50.2 Å². The van der Waals surface area contributed by atoms with Crippen LogP contribution in [0.1, 0.15) is 53.5 Å². The summed E-state index contributed by atoms with van der Waals surface area (Å²) in [5.41, 5.74) is 3.87. The van der Waals surface area contributed by atoms with Gasteiger partial charge in [0.05, 0.1) is 30.9 Å². The summed E-state index contributed by atoms with van der Waals surface area (Å²) in [6.45, 7) is 4.13. The fraction of sp³-hybridized carbons (Fsp3) is 0.375. The number of anilines is 1. The number of hydrogen-bond donors (Lipinski definition) is 2. The maximum absolute atomic E-state index is 13.9. The minimum atomic E-state index is -4.46. The van der Waals surface area contributed by atoms with Gasteiger partial charge in [0.15, 0.2) is 6.04 Å². The van der Waals surface area contributed by atoms with Crippen molar-refractivity contribution >= 4 is 11.7 Å². The molecule has 33 heavy (non-hydrogen) atoms. The molecule has 2 aromatic heterocycles. The molecule has 0 saturated heterocycles. The number of aromatic nitrogens is 3. The predicted octanol–water partition coefficient (Wildman–Crippen LogP) is 4.67. The molecule has 1 aliphatic rings. The van der Waals surface area contributed by atoms with Crippen LogP contribution >= 0.6 is 0 Å². The van der Waals surface area contributed by atoms with Gasteiger partial charge in [-0.05, 0) is 36.6 Å². The third-order valence-corrected chi connectivity index (χ3v) is 5.87. The Hall–Kier alpha value is -3.36. The number of halogens is 3. The molecule has 1 aliphatic heterocycles. The summed E-state index contributed by atoms with van der Waals surface area (Å²) in [6, 6.07) is 10.8. The lowest BCUT2D eigenvalue weighted by Crippen LogP contribution is -2.36. The molecular formula is C24H26F3N5O. The summed E-state index contributed by atoms with van der Waals surface area (Å²) in [7, 11) is 0. The van der Waals surface area contributed by atoms with Crippen LogP contribution in [-0.4, -0.2) is 26.8 Å². The first-order chi connectivity index (χ1) is 15.7. The summed E-state index contributed by atoms with van der Waals surface area (Å²) in [6.07, 6.45) is -2.52. The van der Waals surface area contributed by atoms with E-state index in [-0.39, 0.29) is 31.1 Å². The Morgan fingerprint density at radius 1 is 1.21 bits per heavy atom. The molecule has 1 amide bonds. The van der Waals surface area contributed by atoms with Crippen molar-refractivity contribution < 1.29 is 18.0 Å². The highest BCUT2D eigenvalue weighted by Crippen LogP contribution is 2.44. The van der Waals surface area contributed by atoms with Crippen LogP contribution in [0.25, 0.3) is 0 Å². The fourth-order valence-electron chi connectivity index (χ4n) is 4.07. The van der Waals surface area contributed by atoms with Gasteiger partial charge in [-0.25, -0.2) is 4.68 Å². The zero-order valence-corrected chi connectivity index (χ0v) is 18.5. The molecule has 0 unspecified atom stereocenters. The predicted molar refractivity (Wildman–Crippen MR) is 119 cm³/mol. The molecule has 0 fully saturated rings. The fourth-order valence-corrected chi connectivity index (χ4v) is 4.07. The second kappa shape index (κ2) is 9.25. The highest BCUT2D eigenvalue weighted by Gasteiger charge is 2.46. The quantitative estimate of drug-likeness (QED) is 0.565. The van der Waals surface area contributed by atoms with Crippen molar-refractivity contribution in [3.05, 3.63) is 76.7 Å². The molecule has 2 N–H and O–H groups in total. The molecule has 2 atom stereocenters. The number of hydrogen-bond acceptors (Lipinski definition) is 4. The number of carbonyl (C=O) groups excluding carboxylic acids is 1. The first-order valence-electron chi connectivity index (χ1n) is 10.9. The van der Waals surface area contributed by atoms with Crippen LogP contribution in [0, 0.1) is 6.92 Å². The van der Waals surface area contributed by atoms with Crippen LogP contribution in [0.2, 0.25) is 0 Å². The second-order valence-electron chi connectivity index (χ2n) is 8.27. The lowest BCUT2D eigenvalue weighted by molar-refractivity contribution is -0.173. The van der Waals surface area contributed by atoms with Crippen molar-refractivity contribution in [1.82, 2.24) is 20.1 Å². The van der Waals surface area contributed by atoms with Crippen LogP contribution in [0.4, 0.5) is 19.0 Å². The minimum absolute atomic E-state index is 0.0831. The summed E-state index contributed by atoms with van der Waals surface area (Å²) in [4.78, 5) is 16.9. The zero-order chi connectivity index (χ0) is 23.6. The van der Waals surface area contributed by atoms with E-state index in [1.54, 1.807) is 6.07 Å². The molecule has 0 radical (unpaired) electrons. The van der Waals surface area contributed by atoms with Gasteiger partial charge in [-0.2, -0.15) is 18.3 Å². The first-order valence-corrected chi connectivity index (χ1v) is 10.9. The van der Waals surface area contributed by atoms with E-state index < -0.39 is 18.3 Å². The third kappa shape index (κ3) is 5.18. The molecule has 0 saturated carbocycles. The van der Waals surface area contributed by atoms with Gasteiger partial charge in [-0.15, -0.1) is 0 Å². The van der Waals surface area contributed by atoms with Crippen molar-refractivity contribution in [2.45, 2.75) is 57.9 Å².